The van der Waals surface area contributed by atoms with Crippen LogP contribution in [0.15, 0.2) is 72.8 Å². The molecule has 2 aliphatic heterocycles. The molecule has 0 spiro atoms. The average molecular weight is 994 g/mol. The Morgan fingerprint density at radius 1 is 0.649 bits per heavy atom. The predicted octanol–water partition coefficient (Wildman–Crippen LogP) is 9.71. The molecule has 2 aromatic heterocycles. The van der Waals surface area contributed by atoms with E-state index in [1.165, 1.54) is 47.6 Å². The number of nitrogens with one attached hydrogen (secondary N) is 4. The molecular weight excluding hydrogens is 931 g/mol. The highest BCUT2D eigenvalue weighted by Crippen LogP contribution is 2.48. The Balaban J connectivity index is 0.847. The number of amides is 4. The van der Waals surface area contributed by atoms with E-state index in [0.717, 1.165) is 135 Å². The van der Waals surface area contributed by atoms with Gasteiger partial charge in [0.2, 0.25) is 11.8 Å². The SMILES string of the molecule is C#CC[C@H](NC(=O)OC)C(=O)N1[C@H](c2nc3ccc(-c4cc5ccc4CCc4ccc(c(-c6ccc7nc([C@@H]8C[C@@H]9CCCC[C@@H]9N8C(=O)[C@H](CC#N)NC(=O)OC)[nH]c7c6)c4)CC5)cc3[nH]2)C[C@@H]2CCCC[C@@H]21. The lowest BCUT2D eigenvalue weighted by Gasteiger charge is -2.35. The normalized spacial score (nSPS) is 22.9. The van der Waals surface area contributed by atoms with Crippen LogP contribution >= 0.6 is 0 Å². The predicted molar refractivity (Wildman–Crippen MR) is 280 cm³/mol. The number of methoxy groups -OCH3 is 2. The molecule has 4 fully saturated rings. The number of benzene rings is 4. The maximum Gasteiger partial charge on any atom is 0.407 e. The van der Waals surface area contributed by atoms with Crippen LogP contribution in [-0.4, -0.2) is 92.1 Å². The van der Waals surface area contributed by atoms with Gasteiger partial charge in [-0.3, -0.25) is 9.59 Å². The van der Waals surface area contributed by atoms with Gasteiger partial charge in [0.05, 0.1) is 60.9 Å². The van der Waals surface area contributed by atoms with Crippen LogP contribution in [0.4, 0.5) is 9.59 Å². The van der Waals surface area contributed by atoms with E-state index in [-0.39, 0.29) is 48.8 Å². The van der Waals surface area contributed by atoms with Crippen molar-refractivity contribution >= 4 is 46.1 Å². The first kappa shape index (κ1) is 48.6. The zero-order valence-corrected chi connectivity index (χ0v) is 42.1. The zero-order chi connectivity index (χ0) is 51.0. The van der Waals surface area contributed by atoms with Crippen LogP contribution in [0.25, 0.3) is 44.3 Å². The summed E-state index contributed by atoms with van der Waals surface area (Å²) in [4.78, 5) is 74.6. The van der Waals surface area contributed by atoms with Crippen molar-refractivity contribution in [3.05, 3.63) is 107 Å². The number of alkyl carbamates (subject to hydrolysis) is 2. The van der Waals surface area contributed by atoms with E-state index in [9.17, 15) is 24.4 Å². The molecular formula is C59H63N9O6. The lowest BCUT2D eigenvalue weighted by Crippen LogP contribution is -2.51. The summed E-state index contributed by atoms with van der Waals surface area (Å²) in [6, 6.07) is 26.3. The molecule has 15 heteroatoms. The molecule has 14 rings (SSSR count). The fourth-order valence-electron chi connectivity index (χ4n) is 13.2. The summed E-state index contributed by atoms with van der Waals surface area (Å²) >= 11 is 0. The van der Waals surface area contributed by atoms with Gasteiger partial charge in [-0.15, -0.1) is 12.3 Å². The van der Waals surface area contributed by atoms with E-state index in [4.69, 9.17) is 25.9 Å². The molecule has 8 atom stereocenters. The number of rotatable bonds is 10. The van der Waals surface area contributed by atoms with E-state index in [2.05, 4.69) is 105 Å². The number of fused-ring (bicyclic) bond motifs is 4. The molecule has 74 heavy (non-hydrogen) atoms. The smallest absolute Gasteiger partial charge is 0.407 e. The summed E-state index contributed by atoms with van der Waals surface area (Å²) in [5.41, 5.74) is 13.1. The number of carbonyl (C=O) groups excluding carboxylic acids is 4. The first-order chi connectivity index (χ1) is 36.1. The van der Waals surface area contributed by atoms with E-state index in [0.29, 0.717) is 11.8 Å². The largest absolute Gasteiger partial charge is 0.453 e. The van der Waals surface area contributed by atoms with Crippen LogP contribution in [0, 0.1) is 35.5 Å². The van der Waals surface area contributed by atoms with Crippen molar-refractivity contribution in [3.8, 4) is 40.7 Å². The number of imidazole rings is 2. The minimum Gasteiger partial charge on any atom is -0.453 e. The number of aromatic nitrogens is 4. The highest BCUT2D eigenvalue weighted by atomic mass is 16.5. The number of hydrogen-bond donors (Lipinski definition) is 4. The van der Waals surface area contributed by atoms with Gasteiger partial charge < -0.3 is 39.9 Å². The zero-order valence-electron chi connectivity index (χ0n) is 42.1. The first-order valence-electron chi connectivity index (χ1n) is 26.5. The van der Waals surface area contributed by atoms with Crippen LogP contribution < -0.4 is 10.6 Å². The van der Waals surface area contributed by atoms with Crippen LogP contribution in [-0.2, 0) is 44.7 Å². The molecule has 0 unspecified atom stereocenters. The third-order valence-electron chi connectivity index (χ3n) is 16.8. The minimum absolute atomic E-state index is 0.0141. The highest BCUT2D eigenvalue weighted by molar-refractivity contribution is 5.89. The van der Waals surface area contributed by atoms with Gasteiger partial charge in [0.15, 0.2) is 0 Å². The Labute approximate surface area is 431 Å². The van der Waals surface area contributed by atoms with E-state index < -0.39 is 24.3 Å². The number of nitriles is 1. The topological polar surface area (TPSA) is 198 Å². The van der Waals surface area contributed by atoms with Gasteiger partial charge in [-0.25, -0.2) is 19.6 Å². The van der Waals surface area contributed by atoms with Crippen molar-refractivity contribution in [3.63, 3.8) is 0 Å². The maximum atomic E-state index is 14.3. The quantitative estimate of drug-likeness (QED) is 0.0966. The van der Waals surface area contributed by atoms with Gasteiger partial charge >= 0.3 is 12.2 Å². The summed E-state index contributed by atoms with van der Waals surface area (Å²) in [6.45, 7) is 0. The molecule has 2 saturated heterocycles. The molecule has 4 aromatic carbocycles. The van der Waals surface area contributed by atoms with Gasteiger partial charge in [0.1, 0.15) is 23.7 Å². The molecule has 6 aromatic rings. The highest BCUT2D eigenvalue weighted by Gasteiger charge is 2.49. The van der Waals surface area contributed by atoms with Gasteiger partial charge in [-0.2, -0.15) is 5.26 Å². The Kier molecular flexibility index (Phi) is 13.6. The standard InChI is InChI=1S/C59H63N9O6/c1-4-9-46(65-58(71)73-2)56(69)67-50-12-7-5-10-40(50)32-52(67)54-61-44-24-22-38(30-48(44)63-54)42-28-34-14-18-36(42)19-15-35-17-21-37(20-16-34)43(29-35)39-23-25-45-49(31-39)64-55(62-45)53-33-41-11-6-8-13-51(41)68(53)57(70)47(26-27-60)66-59(72)74-3/h1,14,17-18,21-25,28-31,40-41,46-47,50-53H,5-13,15-16,19-20,26,32-33H2,2-3H3,(H,61,63)(H,62,64)(H,65,71)(H,66,72)/t40-,41-,46-,47-,50-,51-,52-,53-/m0/s1. The monoisotopic (exact) mass is 993 g/mol. The van der Waals surface area contributed by atoms with Crippen molar-refractivity contribution in [1.82, 2.24) is 40.4 Å². The van der Waals surface area contributed by atoms with Gasteiger partial charge in [0.25, 0.3) is 0 Å². The summed E-state index contributed by atoms with van der Waals surface area (Å²) in [7, 11) is 2.53. The number of carbonyl (C=O) groups is 4. The fourth-order valence-corrected chi connectivity index (χ4v) is 13.2. The summed E-state index contributed by atoms with van der Waals surface area (Å²) in [6.07, 6.45) is 17.3. The molecule has 4 amide bonds. The molecule has 4 bridgehead atoms. The second-order valence-electron chi connectivity index (χ2n) is 21.1. The second-order valence-corrected chi connectivity index (χ2v) is 21.1. The van der Waals surface area contributed by atoms with E-state index in [1.807, 2.05) is 9.80 Å². The maximum absolute atomic E-state index is 14.3. The molecule has 8 aliphatic rings. The summed E-state index contributed by atoms with van der Waals surface area (Å²) in [5, 5.41) is 14.9. The molecule has 0 radical (unpaired) electrons. The number of terminal acetylenes is 1. The van der Waals surface area contributed by atoms with E-state index >= 15 is 0 Å². The minimum atomic E-state index is -1.01. The van der Waals surface area contributed by atoms with Crippen molar-refractivity contribution in [2.45, 2.75) is 139 Å². The Morgan fingerprint density at radius 3 is 1.55 bits per heavy atom. The van der Waals surface area contributed by atoms with Crippen molar-refractivity contribution < 1.29 is 28.7 Å². The fraction of sp³-hybridized carbons (Fsp3) is 0.441. The molecule has 2 saturated carbocycles. The lowest BCUT2D eigenvalue weighted by molar-refractivity contribution is -0.138. The van der Waals surface area contributed by atoms with Crippen LogP contribution in [0.5, 0.6) is 0 Å². The van der Waals surface area contributed by atoms with Gasteiger partial charge in [-0.05, 0) is 145 Å². The number of nitrogens with zero attached hydrogens (tertiary/aromatic N) is 5. The summed E-state index contributed by atoms with van der Waals surface area (Å²) < 4.78 is 9.68. The molecule has 380 valence electrons. The summed E-state index contributed by atoms with van der Waals surface area (Å²) in [5.74, 6) is 4.25. The number of hydrogen-bond acceptors (Lipinski definition) is 9. The van der Waals surface area contributed by atoms with Gasteiger partial charge in [-0.1, -0.05) is 74.2 Å². The van der Waals surface area contributed by atoms with Crippen LogP contribution in [0.3, 0.4) is 0 Å². The first-order valence-corrected chi connectivity index (χ1v) is 26.5. The van der Waals surface area contributed by atoms with Crippen LogP contribution in [0.1, 0.15) is 123 Å². The molecule has 6 aliphatic carbocycles. The second kappa shape index (κ2) is 20.7. The Morgan fingerprint density at radius 2 is 1.11 bits per heavy atom. The average Bonchev–Trinajstić information content (AvgIpc) is 4.23. The third-order valence-corrected chi connectivity index (χ3v) is 16.8. The molecule has 4 heterocycles. The number of likely N-dealkylation sites (tertiary alicyclic amines) is 2. The Bertz CT molecular complexity index is 3020. The number of aryl methyl sites for hydroxylation is 4. The number of H-pyrrole nitrogens is 2. The molecule has 15 nitrogen and oxygen atoms in total. The van der Waals surface area contributed by atoms with Crippen molar-refractivity contribution in [2.24, 2.45) is 11.8 Å². The number of ether oxygens (including phenoxy) is 2. The van der Waals surface area contributed by atoms with Crippen molar-refractivity contribution in [1.29, 1.82) is 5.26 Å². The van der Waals surface area contributed by atoms with Crippen LogP contribution in [0.2, 0.25) is 0 Å². The lowest BCUT2D eigenvalue weighted by atomic mass is 9.84. The third kappa shape index (κ3) is 9.33. The van der Waals surface area contributed by atoms with E-state index in [1.54, 1.807) is 0 Å². The van der Waals surface area contributed by atoms with Gasteiger partial charge in [0, 0.05) is 18.5 Å². The Hall–Kier alpha value is -7.65. The molecule has 4 N–H and O–H groups in total. The number of aromatic amines is 2. The van der Waals surface area contributed by atoms with Crippen molar-refractivity contribution in [2.75, 3.05) is 14.2 Å².